The fourth-order valence-corrected chi connectivity index (χ4v) is 3.57. The van der Waals surface area contributed by atoms with Gasteiger partial charge in [-0.1, -0.05) is 40.2 Å². The summed E-state index contributed by atoms with van der Waals surface area (Å²) in [6.07, 6.45) is -0.0697. The molecule has 0 saturated carbocycles. The Labute approximate surface area is 131 Å². The number of alkyl halides is 1. The Morgan fingerprint density at radius 1 is 1.10 bits per heavy atom. The van der Waals surface area contributed by atoms with E-state index in [-0.39, 0.29) is 18.2 Å². The van der Waals surface area contributed by atoms with Gasteiger partial charge in [-0.2, -0.15) is 0 Å². The van der Waals surface area contributed by atoms with E-state index >= 15 is 0 Å². The van der Waals surface area contributed by atoms with Crippen molar-refractivity contribution in [2.24, 2.45) is 0 Å². The number of ether oxygens (including phenoxy) is 2. The average molecular weight is 345 g/mol. The highest BCUT2D eigenvalue weighted by molar-refractivity contribution is 9.08. The number of rotatable bonds is 2. The van der Waals surface area contributed by atoms with Gasteiger partial charge >= 0.3 is 5.97 Å². The van der Waals surface area contributed by atoms with Gasteiger partial charge in [0.2, 0.25) is 0 Å². The van der Waals surface area contributed by atoms with Crippen molar-refractivity contribution in [2.45, 2.75) is 17.5 Å². The topological polar surface area (TPSA) is 35.5 Å². The molecule has 2 unspecified atom stereocenters. The fourth-order valence-electron chi connectivity index (χ4n) is 3.22. The van der Waals surface area contributed by atoms with Crippen LogP contribution in [-0.2, 0) is 14.8 Å². The number of benzene rings is 2. The van der Waals surface area contributed by atoms with Crippen LogP contribution in [0.5, 0.6) is 0 Å². The van der Waals surface area contributed by atoms with Crippen LogP contribution in [0.4, 0.5) is 0 Å². The molecule has 0 spiro atoms. The lowest BCUT2D eigenvalue weighted by Crippen LogP contribution is -2.07. The highest BCUT2D eigenvalue weighted by Gasteiger charge is 2.42. The second-order valence-corrected chi connectivity index (χ2v) is 5.89. The molecule has 0 N–H and O–H groups in total. The molecule has 4 heteroatoms. The Balaban J connectivity index is 1.81. The summed E-state index contributed by atoms with van der Waals surface area (Å²) in [7, 11) is 1.40. The molecule has 4 rings (SSSR count). The Hall–Kier alpha value is -1.65. The Bertz CT molecular complexity index is 754. The lowest BCUT2D eigenvalue weighted by Gasteiger charge is -2.17. The van der Waals surface area contributed by atoms with E-state index in [1.807, 2.05) is 18.2 Å². The number of halogens is 1. The van der Waals surface area contributed by atoms with Crippen molar-refractivity contribution in [3.05, 3.63) is 69.8 Å². The first-order valence-corrected chi connectivity index (χ1v) is 7.91. The molecule has 0 amide bonds. The highest BCUT2D eigenvalue weighted by atomic mass is 79.9. The number of hydrogen-bond donors (Lipinski definition) is 0. The van der Waals surface area contributed by atoms with Crippen LogP contribution in [0.25, 0.3) is 0 Å². The minimum atomic E-state index is -0.310. The van der Waals surface area contributed by atoms with Crippen LogP contribution in [0.15, 0.2) is 36.4 Å². The molecule has 0 aliphatic carbocycles. The van der Waals surface area contributed by atoms with Crippen molar-refractivity contribution in [2.75, 3.05) is 7.11 Å². The number of methoxy groups -OCH3 is 1. The third-order valence-electron chi connectivity index (χ3n) is 4.22. The van der Waals surface area contributed by atoms with E-state index in [4.69, 9.17) is 9.47 Å². The zero-order valence-electron chi connectivity index (χ0n) is 11.4. The van der Waals surface area contributed by atoms with Crippen molar-refractivity contribution < 1.29 is 14.3 Å². The van der Waals surface area contributed by atoms with E-state index in [1.54, 1.807) is 0 Å². The molecule has 0 aromatic heterocycles. The third-order valence-corrected chi connectivity index (χ3v) is 4.86. The summed E-state index contributed by atoms with van der Waals surface area (Å²) >= 11 is 3.49. The van der Waals surface area contributed by atoms with Gasteiger partial charge in [-0.15, -0.1) is 0 Å². The van der Waals surface area contributed by atoms with Gasteiger partial charge in [0.25, 0.3) is 0 Å². The van der Waals surface area contributed by atoms with Crippen LogP contribution >= 0.6 is 15.9 Å². The molecule has 2 aromatic rings. The minimum absolute atomic E-state index is 0.00861. The Morgan fingerprint density at radius 3 is 2.43 bits per heavy atom. The number of fused-ring (bicyclic) bond motifs is 8. The first kappa shape index (κ1) is 13.0. The first-order chi connectivity index (χ1) is 10.2. The van der Waals surface area contributed by atoms with Crippen LogP contribution in [0.1, 0.15) is 50.4 Å². The number of esters is 1. The first-order valence-electron chi connectivity index (χ1n) is 6.79. The number of carbonyl (C=O) groups excluding carboxylic acids is 1. The summed E-state index contributed by atoms with van der Waals surface area (Å²) in [5, 5.41) is 0.839. The summed E-state index contributed by atoms with van der Waals surface area (Å²) < 4.78 is 10.9. The van der Waals surface area contributed by atoms with Crippen molar-refractivity contribution in [3.8, 4) is 0 Å². The van der Waals surface area contributed by atoms with Gasteiger partial charge < -0.3 is 9.47 Å². The molecule has 2 aliphatic rings. The van der Waals surface area contributed by atoms with Gasteiger partial charge in [0, 0.05) is 5.33 Å². The molecule has 106 valence electrons. The lowest BCUT2D eigenvalue weighted by molar-refractivity contribution is 0.0600. The van der Waals surface area contributed by atoms with Gasteiger partial charge in [0.05, 0.1) is 12.7 Å². The summed E-state index contributed by atoms with van der Waals surface area (Å²) in [6.45, 7) is 0. The summed E-state index contributed by atoms with van der Waals surface area (Å²) in [5.41, 5.74) is 6.52. The third kappa shape index (κ3) is 1.79. The molecule has 2 bridgehead atoms. The molecule has 0 saturated heterocycles. The molecule has 2 atom stereocenters. The number of carbonyl (C=O) groups is 1. The van der Waals surface area contributed by atoms with Crippen molar-refractivity contribution >= 4 is 21.9 Å². The monoisotopic (exact) mass is 344 g/mol. The normalized spacial score (nSPS) is 21.0. The van der Waals surface area contributed by atoms with E-state index in [0.717, 1.165) is 16.5 Å². The fraction of sp³-hybridized carbons (Fsp3) is 0.235. The second kappa shape index (κ2) is 4.68. The summed E-state index contributed by atoms with van der Waals surface area (Å²) in [5.74, 6) is -0.310. The van der Waals surface area contributed by atoms with Gasteiger partial charge in [0.15, 0.2) is 0 Å². The van der Waals surface area contributed by atoms with Crippen molar-refractivity contribution in [3.63, 3.8) is 0 Å². The molecular weight excluding hydrogens is 332 g/mol. The molecule has 3 nitrogen and oxygen atoms in total. The van der Waals surface area contributed by atoms with Crippen molar-refractivity contribution in [1.82, 2.24) is 0 Å². The van der Waals surface area contributed by atoms with Crippen molar-refractivity contribution in [1.29, 1.82) is 0 Å². The maximum absolute atomic E-state index is 11.7. The predicted octanol–water partition coefficient (Wildman–Crippen LogP) is 3.89. The Kier molecular flexibility index (Phi) is 2.91. The minimum Gasteiger partial charge on any atom is -0.465 e. The van der Waals surface area contributed by atoms with E-state index in [2.05, 4.69) is 34.1 Å². The van der Waals surface area contributed by atoms with Crippen LogP contribution in [0.2, 0.25) is 0 Å². The summed E-state index contributed by atoms with van der Waals surface area (Å²) in [6, 6.07) is 12.1. The molecule has 21 heavy (non-hydrogen) atoms. The maximum Gasteiger partial charge on any atom is 0.337 e. The average Bonchev–Trinajstić information content (AvgIpc) is 3.10. The van der Waals surface area contributed by atoms with Crippen LogP contribution in [-0.4, -0.2) is 13.1 Å². The lowest BCUT2D eigenvalue weighted by atomic mass is 9.84. The van der Waals surface area contributed by atoms with Crippen LogP contribution < -0.4 is 0 Å². The molecule has 0 radical (unpaired) electrons. The molecule has 2 aromatic carbocycles. The van der Waals surface area contributed by atoms with Gasteiger partial charge in [-0.3, -0.25) is 0 Å². The van der Waals surface area contributed by atoms with E-state index in [0.29, 0.717) is 5.56 Å². The van der Waals surface area contributed by atoms with Gasteiger partial charge in [-0.25, -0.2) is 4.79 Å². The quantitative estimate of drug-likeness (QED) is 0.612. The Morgan fingerprint density at radius 2 is 1.76 bits per heavy atom. The van der Waals surface area contributed by atoms with Crippen LogP contribution in [0.3, 0.4) is 0 Å². The number of hydrogen-bond acceptors (Lipinski definition) is 3. The van der Waals surface area contributed by atoms with E-state index < -0.39 is 0 Å². The van der Waals surface area contributed by atoms with E-state index in [1.165, 1.54) is 23.8 Å². The van der Waals surface area contributed by atoms with E-state index in [9.17, 15) is 4.79 Å². The smallest absolute Gasteiger partial charge is 0.337 e. The molecular formula is C17H13BrO3. The zero-order chi connectivity index (χ0) is 14.6. The molecule has 2 aliphatic heterocycles. The second-order valence-electron chi connectivity index (χ2n) is 5.33. The van der Waals surface area contributed by atoms with Gasteiger partial charge in [-0.05, 0) is 39.9 Å². The van der Waals surface area contributed by atoms with Gasteiger partial charge in [0.1, 0.15) is 12.2 Å². The maximum atomic E-state index is 11.7. The highest BCUT2D eigenvalue weighted by Crippen LogP contribution is 2.54. The zero-order valence-corrected chi connectivity index (χ0v) is 13.0. The summed E-state index contributed by atoms with van der Waals surface area (Å²) in [4.78, 5) is 11.7. The molecule has 0 fully saturated rings. The largest absolute Gasteiger partial charge is 0.465 e. The van der Waals surface area contributed by atoms with Crippen LogP contribution in [0, 0.1) is 0 Å². The standard InChI is InChI=1S/C17H13BrO3/c1-20-17(19)10-3-5-12-14(7-10)16-11-4-2-9(8-18)6-13(11)15(12)21-16/h2-7,15-16H,8H2,1H3. The molecule has 2 heterocycles. The SMILES string of the molecule is COC(=O)c1ccc2c(c1)C1OC2c2cc(CBr)ccc21. The predicted molar refractivity (Wildman–Crippen MR) is 81.6 cm³/mol.